The lowest BCUT2D eigenvalue weighted by Crippen LogP contribution is -2.25. The number of carboxylic acid groups (broad SMARTS) is 1. The van der Waals surface area contributed by atoms with Crippen LogP contribution >= 0.6 is 11.6 Å². The number of carbonyl (C=O) groups is 2. The first-order valence-electron chi connectivity index (χ1n) is 5.59. The average molecular weight is 272 g/mol. The van der Waals surface area contributed by atoms with Gasteiger partial charge >= 0.3 is 5.97 Å². The van der Waals surface area contributed by atoms with Crippen LogP contribution in [-0.4, -0.2) is 33.7 Å². The molecular formula is C11H14ClN3O3. The van der Waals surface area contributed by atoms with Crippen LogP contribution < -0.4 is 5.32 Å². The minimum Gasteiger partial charge on any atom is -0.481 e. The van der Waals surface area contributed by atoms with Gasteiger partial charge < -0.3 is 10.4 Å². The van der Waals surface area contributed by atoms with Gasteiger partial charge in [0, 0.05) is 13.0 Å². The number of hydrogen-bond donors (Lipinski definition) is 2. The normalized spacial score (nSPS) is 10.1. The summed E-state index contributed by atoms with van der Waals surface area (Å²) in [4.78, 5) is 21.8. The van der Waals surface area contributed by atoms with Crippen molar-refractivity contribution in [1.82, 2.24) is 15.5 Å². The van der Waals surface area contributed by atoms with Crippen LogP contribution in [0.3, 0.4) is 0 Å². The van der Waals surface area contributed by atoms with Crippen LogP contribution in [0.2, 0.25) is 5.15 Å². The first-order valence-corrected chi connectivity index (χ1v) is 5.96. The summed E-state index contributed by atoms with van der Waals surface area (Å²) in [5.74, 6) is -1.10. The maximum atomic E-state index is 11.5. The van der Waals surface area contributed by atoms with Crippen LogP contribution in [0, 0.1) is 0 Å². The zero-order valence-corrected chi connectivity index (χ0v) is 10.5. The third-order valence-corrected chi connectivity index (χ3v) is 2.42. The number of nitrogens with one attached hydrogen (secondary N) is 1. The Morgan fingerprint density at radius 3 is 2.61 bits per heavy atom. The Kier molecular flexibility index (Phi) is 6.07. The molecule has 0 aliphatic rings. The van der Waals surface area contributed by atoms with Gasteiger partial charge in [0.2, 0.25) is 0 Å². The third kappa shape index (κ3) is 5.58. The fourth-order valence-corrected chi connectivity index (χ4v) is 1.41. The van der Waals surface area contributed by atoms with Gasteiger partial charge in [0.05, 0.1) is 0 Å². The zero-order valence-electron chi connectivity index (χ0n) is 9.73. The molecular weight excluding hydrogens is 258 g/mol. The molecule has 1 aromatic heterocycles. The summed E-state index contributed by atoms with van der Waals surface area (Å²) in [6.07, 6.45) is 2.28. The summed E-state index contributed by atoms with van der Waals surface area (Å²) in [5.41, 5.74) is 0.213. The number of aromatic nitrogens is 2. The Morgan fingerprint density at radius 1 is 1.22 bits per heavy atom. The van der Waals surface area contributed by atoms with E-state index in [1.54, 1.807) is 0 Å². The number of amides is 1. The fraction of sp³-hybridized carbons (Fsp3) is 0.455. The summed E-state index contributed by atoms with van der Waals surface area (Å²) in [6.45, 7) is 0.489. The number of carboxylic acids is 1. The van der Waals surface area contributed by atoms with Gasteiger partial charge in [-0.25, -0.2) is 0 Å². The van der Waals surface area contributed by atoms with Gasteiger partial charge in [0.1, 0.15) is 0 Å². The molecule has 98 valence electrons. The summed E-state index contributed by atoms with van der Waals surface area (Å²) in [7, 11) is 0. The van der Waals surface area contributed by atoms with E-state index in [9.17, 15) is 9.59 Å². The lowest BCUT2D eigenvalue weighted by Gasteiger charge is -2.03. The molecule has 0 atom stereocenters. The van der Waals surface area contributed by atoms with Crippen LogP contribution in [-0.2, 0) is 4.79 Å². The largest absolute Gasteiger partial charge is 0.481 e. The molecule has 18 heavy (non-hydrogen) atoms. The van der Waals surface area contributed by atoms with Crippen molar-refractivity contribution in [3.05, 3.63) is 23.0 Å². The smallest absolute Gasteiger partial charge is 0.303 e. The van der Waals surface area contributed by atoms with E-state index in [-0.39, 0.29) is 23.2 Å². The number of aliphatic carboxylic acids is 1. The molecule has 0 fully saturated rings. The van der Waals surface area contributed by atoms with E-state index < -0.39 is 5.97 Å². The van der Waals surface area contributed by atoms with E-state index >= 15 is 0 Å². The number of rotatable bonds is 7. The van der Waals surface area contributed by atoms with E-state index in [0.717, 1.165) is 12.8 Å². The van der Waals surface area contributed by atoms with Gasteiger partial charge in [0.15, 0.2) is 10.8 Å². The molecule has 0 saturated carbocycles. The lowest BCUT2D eigenvalue weighted by molar-refractivity contribution is -0.137. The van der Waals surface area contributed by atoms with Gasteiger partial charge in [-0.05, 0) is 25.0 Å². The SMILES string of the molecule is O=C(O)CCCCCNC(=O)c1ccc(Cl)nn1. The van der Waals surface area contributed by atoms with Crippen molar-refractivity contribution in [2.24, 2.45) is 0 Å². The van der Waals surface area contributed by atoms with Gasteiger partial charge in [0.25, 0.3) is 5.91 Å². The van der Waals surface area contributed by atoms with Gasteiger partial charge in [-0.2, -0.15) is 0 Å². The molecule has 1 heterocycles. The van der Waals surface area contributed by atoms with Gasteiger partial charge in [-0.3, -0.25) is 9.59 Å². The van der Waals surface area contributed by atoms with E-state index in [2.05, 4.69) is 15.5 Å². The van der Waals surface area contributed by atoms with Crippen LogP contribution in [0.1, 0.15) is 36.2 Å². The predicted octanol–water partition coefficient (Wildman–Crippen LogP) is 1.50. The Bertz CT molecular complexity index is 408. The van der Waals surface area contributed by atoms with Crippen molar-refractivity contribution in [2.75, 3.05) is 6.54 Å². The maximum absolute atomic E-state index is 11.5. The van der Waals surface area contributed by atoms with Crippen LogP contribution in [0.15, 0.2) is 12.1 Å². The standard InChI is InChI=1S/C11H14ClN3O3/c12-9-6-5-8(14-15-9)11(18)13-7-3-1-2-4-10(16)17/h5-6H,1-4,7H2,(H,13,18)(H,16,17). The Labute approximate surface area is 109 Å². The lowest BCUT2D eigenvalue weighted by atomic mass is 10.2. The molecule has 7 heteroatoms. The quantitative estimate of drug-likeness (QED) is 0.733. The summed E-state index contributed by atoms with van der Waals surface area (Å²) in [5, 5.41) is 18.6. The molecule has 6 nitrogen and oxygen atoms in total. The fourth-order valence-electron chi connectivity index (χ4n) is 1.31. The summed E-state index contributed by atoms with van der Waals surface area (Å²) < 4.78 is 0. The highest BCUT2D eigenvalue weighted by Crippen LogP contribution is 2.02. The van der Waals surface area contributed by atoms with E-state index in [1.807, 2.05) is 0 Å². The maximum Gasteiger partial charge on any atom is 0.303 e. The minimum atomic E-state index is -0.796. The molecule has 1 amide bonds. The summed E-state index contributed by atoms with van der Waals surface area (Å²) >= 11 is 5.55. The topological polar surface area (TPSA) is 92.2 Å². The Morgan fingerprint density at radius 2 is 2.00 bits per heavy atom. The highest BCUT2D eigenvalue weighted by Gasteiger charge is 2.06. The van der Waals surface area contributed by atoms with E-state index in [4.69, 9.17) is 16.7 Å². The van der Waals surface area contributed by atoms with Crippen molar-refractivity contribution < 1.29 is 14.7 Å². The molecule has 0 aromatic carbocycles. The molecule has 0 saturated heterocycles. The average Bonchev–Trinajstić information content (AvgIpc) is 2.34. The number of carbonyl (C=O) groups excluding carboxylic acids is 1. The third-order valence-electron chi connectivity index (χ3n) is 2.22. The molecule has 1 aromatic rings. The number of hydrogen-bond acceptors (Lipinski definition) is 4. The van der Waals surface area contributed by atoms with Crippen molar-refractivity contribution in [2.45, 2.75) is 25.7 Å². The van der Waals surface area contributed by atoms with E-state index in [1.165, 1.54) is 12.1 Å². The van der Waals surface area contributed by atoms with Crippen LogP contribution in [0.25, 0.3) is 0 Å². The predicted molar refractivity (Wildman–Crippen MR) is 65.5 cm³/mol. The second-order valence-corrected chi connectivity index (χ2v) is 4.09. The molecule has 0 bridgehead atoms. The highest BCUT2D eigenvalue weighted by molar-refractivity contribution is 6.29. The first-order chi connectivity index (χ1) is 8.59. The highest BCUT2D eigenvalue weighted by atomic mass is 35.5. The van der Waals surface area contributed by atoms with Crippen molar-refractivity contribution in [3.8, 4) is 0 Å². The Hall–Kier alpha value is -1.69. The van der Waals surface area contributed by atoms with Crippen LogP contribution in [0.4, 0.5) is 0 Å². The molecule has 1 rings (SSSR count). The molecule has 0 aliphatic carbocycles. The number of unbranched alkanes of at least 4 members (excludes halogenated alkanes) is 2. The van der Waals surface area contributed by atoms with Gasteiger partial charge in [-0.1, -0.05) is 18.0 Å². The molecule has 0 spiro atoms. The number of halogens is 1. The molecule has 2 N–H and O–H groups in total. The second-order valence-electron chi connectivity index (χ2n) is 3.70. The molecule has 0 aliphatic heterocycles. The van der Waals surface area contributed by atoms with E-state index in [0.29, 0.717) is 13.0 Å². The minimum absolute atomic E-state index is 0.163. The van der Waals surface area contributed by atoms with Gasteiger partial charge in [-0.15, -0.1) is 10.2 Å². The molecule has 0 unspecified atom stereocenters. The Balaban J connectivity index is 2.17. The van der Waals surface area contributed by atoms with Crippen LogP contribution in [0.5, 0.6) is 0 Å². The second kappa shape index (κ2) is 7.60. The molecule has 0 radical (unpaired) electrons. The summed E-state index contributed by atoms with van der Waals surface area (Å²) in [6, 6.07) is 2.99. The zero-order chi connectivity index (χ0) is 13.4. The van der Waals surface area contributed by atoms with Crippen molar-refractivity contribution in [3.63, 3.8) is 0 Å². The number of nitrogens with zero attached hydrogens (tertiary/aromatic N) is 2. The monoisotopic (exact) mass is 271 g/mol. The first kappa shape index (κ1) is 14.4. The van der Waals surface area contributed by atoms with Crippen molar-refractivity contribution >= 4 is 23.5 Å². The van der Waals surface area contributed by atoms with Crippen molar-refractivity contribution in [1.29, 1.82) is 0 Å².